The highest BCUT2D eigenvalue weighted by Gasteiger charge is 2.08. The molecule has 30 heavy (non-hydrogen) atoms. The fraction of sp³-hybridized carbons (Fsp3) is 0.130. The lowest BCUT2D eigenvalue weighted by Crippen LogP contribution is -2.12. The van der Waals surface area contributed by atoms with Gasteiger partial charge in [0.1, 0.15) is 11.5 Å². The third-order valence-corrected chi connectivity index (χ3v) is 4.72. The molecule has 2 N–H and O–H groups in total. The minimum Gasteiger partial charge on any atom is -0.457 e. The second kappa shape index (κ2) is 10.1. The third-order valence-electron chi connectivity index (χ3n) is 4.14. The monoisotopic (exact) mass is 442 g/mol. The molecule has 3 rings (SSSR count). The Morgan fingerprint density at radius 1 is 1.00 bits per heavy atom. The first-order valence-electron chi connectivity index (χ1n) is 9.39. The molecular weight excluding hydrogens is 423 g/mol. The lowest BCUT2D eigenvalue weighted by Gasteiger charge is -2.09. The van der Waals surface area contributed by atoms with Gasteiger partial charge in [0.15, 0.2) is 0 Å². The Labute approximate surface area is 184 Å². The van der Waals surface area contributed by atoms with Crippen molar-refractivity contribution < 1.29 is 14.0 Å². The fourth-order valence-corrected chi connectivity index (χ4v) is 2.98. The number of halogens is 2. The molecule has 3 aromatic rings. The van der Waals surface area contributed by atoms with Crippen LogP contribution in [0.4, 0.5) is 11.4 Å². The number of carbonyl (C=O) groups excluding carboxylic acids is 2. The zero-order chi connectivity index (χ0) is 21.5. The maximum absolute atomic E-state index is 12.3. The molecule has 0 aliphatic heterocycles. The first-order chi connectivity index (χ1) is 14.4. The molecular formula is C23H20Cl2N2O3. The minimum absolute atomic E-state index is 0.0914. The van der Waals surface area contributed by atoms with E-state index >= 15 is 0 Å². The van der Waals surface area contributed by atoms with Crippen LogP contribution < -0.4 is 10.6 Å². The zero-order valence-corrected chi connectivity index (χ0v) is 17.8. The van der Waals surface area contributed by atoms with Crippen LogP contribution in [0.1, 0.15) is 25.5 Å². The van der Waals surface area contributed by atoms with Crippen LogP contribution in [0.25, 0.3) is 17.4 Å². The van der Waals surface area contributed by atoms with Gasteiger partial charge in [-0.15, -0.1) is 0 Å². The van der Waals surface area contributed by atoms with Gasteiger partial charge >= 0.3 is 0 Å². The molecule has 0 aliphatic rings. The Balaban J connectivity index is 1.65. The second-order valence-electron chi connectivity index (χ2n) is 6.52. The van der Waals surface area contributed by atoms with Crippen molar-refractivity contribution in [2.24, 2.45) is 0 Å². The summed E-state index contributed by atoms with van der Waals surface area (Å²) in [5.74, 6) is 0.733. The van der Waals surface area contributed by atoms with E-state index in [1.54, 1.807) is 42.5 Å². The molecule has 2 amide bonds. The number of benzene rings is 2. The summed E-state index contributed by atoms with van der Waals surface area (Å²) in [6, 6.07) is 15.8. The van der Waals surface area contributed by atoms with Crippen molar-refractivity contribution in [3.05, 3.63) is 76.5 Å². The Bertz CT molecular complexity index is 1070. The molecule has 7 heteroatoms. The molecule has 0 saturated carbocycles. The number of rotatable bonds is 7. The highest BCUT2D eigenvalue weighted by Crippen LogP contribution is 2.26. The van der Waals surface area contributed by atoms with E-state index in [0.717, 1.165) is 12.0 Å². The number of hydrogen-bond acceptors (Lipinski definition) is 3. The summed E-state index contributed by atoms with van der Waals surface area (Å²) in [5.41, 5.74) is 1.86. The lowest BCUT2D eigenvalue weighted by molar-refractivity contribution is -0.116. The summed E-state index contributed by atoms with van der Waals surface area (Å²) in [5, 5.41) is 6.50. The van der Waals surface area contributed by atoms with E-state index in [-0.39, 0.29) is 11.8 Å². The summed E-state index contributed by atoms with van der Waals surface area (Å²) >= 11 is 12.1. The molecule has 0 fully saturated rings. The van der Waals surface area contributed by atoms with Crippen LogP contribution in [-0.2, 0) is 9.59 Å². The summed E-state index contributed by atoms with van der Waals surface area (Å²) in [4.78, 5) is 24.0. The molecule has 2 aromatic carbocycles. The molecule has 1 heterocycles. The van der Waals surface area contributed by atoms with Crippen LogP contribution >= 0.6 is 23.2 Å². The van der Waals surface area contributed by atoms with Gasteiger partial charge in [-0.05, 0) is 67.1 Å². The first-order valence-corrected chi connectivity index (χ1v) is 10.1. The van der Waals surface area contributed by atoms with Crippen LogP contribution in [0.2, 0.25) is 10.0 Å². The van der Waals surface area contributed by atoms with Gasteiger partial charge in [-0.1, -0.05) is 30.1 Å². The van der Waals surface area contributed by atoms with Crippen molar-refractivity contribution >= 4 is 52.5 Å². The number of nitrogens with one attached hydrogen (secondary N) is 2. The van der Waals surface area contributed by atoms with E-state index < -0.39 is 0 Å². The van der Waals surface area contributed by atoms with Gasteiger partial charge < -0.3 is 15.1 Å². The van der Waals surface area contributed by atoms with Gasteiger partial charge in [-0.25, -0.2) is 0 Å². The van der Waals surface area contributed by atoms with Gasteiger partial charge in [-0.3, -0.25) is 9.59 Å². The molecule has 0 bridgehead atoms. The average Bonchev–Trinajstić information content (AvgIpc) is 3.19. The Hall–Kier alpha value is -3.02. The SMILES string of the molecule is CCCC(=O)Nc1ccc(Cl)c(NC(=O)C=Cc2ccc(-c3ccc(Cl)cc3)o2)c1. The van der Waals surface area contributed by atoms with Crippen LogP contribution in [0, 0.1) is 0 Å². The highest BCUT2D eigenvalue weighted by molar-refractivity contribution is 6.34. The van der Waals surface area contributed by atoms with Gasteiger partial charge in [-0.2, -0.15) is 0 Å². The Morgan fingerprint density at radius 3 is 2.50 bits per heavy atom. The van der Waals surface area contributed by atoms with E-state index in [9.17, 15) is 9.59 Å². The molecule has 0 atom stereocenters. The topological polar surface area (TPSA) is 71.3 Å². The lowest BCUT2D eigenvalue weighted by atomic mass is 10.2. The molecule has 0 radical (unpaired) electrons. The minimum atomic E-state index is -0.377. The van der Waals surface area contributed by atoms with Crippen LogP contribution in [0.5, 0.6) is 0 Å². The van der Waals surface area contributed by atoms with E-state index in [2.05, 4.69) is 10.6 Å². The molecule has 0 unspecified atom stereocenters. The van der Waals surface area contributed by atoms with Crippen molar-refractivity contribution in [2.45, 2.75) is 19.8 Å². The van der Waals surface area contributed by atoms with E-state index in [0.29, 0.717) is 39.4 Å². The smallest absolute Gasteiger partial charge is 0.248 e. The molecule has 1 aromatic heterocycles. The summed E-state index contributed by atoms with van der Waals surface area (Å²) in [6.07, 6.45) is 4.09. The van der Waals surface area contributed by atoms with Gasteiger partial charge in [0, 0.05) is 28.8 Å². The number of amides is 2. The standard InChI is InChI=1S/C23H20Cl2N2O3/c1-2-3-22(28)26-17-8-11-19(25)20(14-17)27-23(29)13-10-18-9-12-21(30-18)15-4-6-16(24)7-5-15/h4-14H,2-3H2,1H3,(H,26,28)(H,27,29). The third kappa shape index (κ3) is 5.99. The number of hydrogen-bond donors (Lipinski definition) is 2. The highest BCUT2D eigenvalue weighted by atomic mass is 35.5. The van der Waals surface area contributed by atoms with Crippen molar-refractivity contribution in [3.8, 4) is 11.3 Å². The van der Waals surface area contributed by atoms with Crippen LogP contribution in [0.15, 0.2) is 65.1 Å². The first kappa shape index (κ1) is 21.7. The average molecular weight is 443 g/mol. The molecule has 0 saturated heterocycles. The van der Waals surface area contributed by atoms with E-state index in [1.165, 1.54) is 6.08 Å². The van der Waals surface area contributed by atoms with Crippen molar-refractivity contribution in [2.75, 3.05) is 10.6 Å². The number of carbonyl (C=O) groups is 2. The van der Waals surface area contributed by atoms with Crippen LogP contribution in [-0.4, -0.2) is 11.8 Å². The predicted molar refractivity (Wildman–Crippen MR) is 122 cm³/mol. The Kier molecular flexibility index (Phi) is 7.33. The van der Waals surface area contributed by atoms with Gasteiger partial charge in [0.05, 0.1) is 10.7 Å². The maximum Gasteiger partial charge on any atom is 0.248 e. The van der Waals surface area contributed by atoms with Gasteiger partial charge in [0.25, 0.3) is 0 Å². The summed E-state index contributed by atoms with van der Waals surface area (Å²) in [6.45, 7) is 1.93. The quantitative estimate of drug-likeness (QED) is 0.402. The normalized spacial score (nSPS) is 10.9. The van der Waals surface area contributed by atoms with Crippen LogP contribution in [0.3, 0.4) is 0 Å². The van der Waals surface area contributed by atoms with Gasteiger partial charge in [0.2, 0.25) is 11.8 Å². The Morgan fingerprint density at radius 2 is 1.77 bits per heavy atom. The number of anilines is 2. The maximum atomic E-state index is 12.3. The zero-order valence-electron chi connectivity index (χ0n) is 16.2. The van der Waals surface area contributed by atoms with Crippen molar-refractivity contribution in [3.63, 3.8) is 0 Å². The summed E-state index contributed by atoms with van der Waals surface area (Å²) in [7, 11) is 0. The number of furan rings is 1. The molecule has 0 aliphatic carbocycles. The van der Waals surface area contributed by atoms with Crippen molar-refractivity contribution in [1.29, 1.82) is 0 Å². The van der Waals surface area contributed by atoms with E-state index in [1.807, 2.05) is 25.1 Å². The molecule has 0 spiro atoms. The van der Waals surface area contributed by atoms with E-state index in [4.69, 9.17) is 27.6 Å². The fourth-order valence-electron chi connectivity index (χ4n) is 2.69. The second-order valence-corrected chi connectivity index (χ2v) is 7.37. The molecule has 154 valence electrons. The largest absolute Gasteiger partial charge is 0.457 e. The predicted octanol–water partition coefficient (Wildman–Crippen LogP) is 6.64. The molecule has 5 nitrogen and oxygen atoms in total. The summed E-state index contributed by atoms with van der Waals surface area (Å²) < 4.78 is 5.74. The van der Waals surface area contributed by atoms with Crippen molar-refractivity contribution in [1.82, 2.24) is 0 Å².